The number of pyridine rings is 1. The highest BCUT2D eigenvalue weighted by Gasteiger charge is 2.57. The van der Waals surface area contributed by atoms with Gasteiger partial charge in [0.05, 0.1) is 0 Å². The van der Waals surface area contributed by atoms with Gasteiger partial charge in [-0.3, -0.25) is 14.2 Å². The fourth-order valence-electron chi connectivity index (χ4n) is 5.19. The zero-order valence-electron chi connectivity index (χ0n) is 16.1. The molecule has 2 spiro atoms. The summed E-state index contributed by atoms with van der Waals surface area (Å²) in [5, 5.41) is 6.20. The van der Waals surface area contributed by atoms with Crippen LogP contribution in [0.3, 0.4) is 0 Å². The van der Waals surface area contributed by atoms with Gasteiger partial charge in [0, 0.05) is 6.07 Å². The van der Waals surface area contributed by atoms with Crippen LogP contribution in [0.25, 0.3) is 0 Å². The Kier molecular flexibility index (Phi) is 3.42. The highest BCUT2D eigenvalue weighted by molar-refractivity contribution is 5.97. The van der Waals surface area contributed by atoms with Crippen molar-refractivity contribution in [3.05, 3.63) is 40.1 Å². The van der Waals surface area contributed by atoms with Gasteiger partial charge in [0.1, 0.15) is 35.0 Å². The zero-order valence-corrected chi connectivity index (χ0v) is 16.1. The molecule has 3 heterocycles. The first-order valence-corrected chi connectivity index (χ1v) is 9.78. The highest BCUT2D eigenvalue weighted by Crippen LogP contribution is 2.63. The summed E-state index contributed by atoms with van der Waals surface area (Å²) in [6.07, 6.45) is 6.27. The number of nitrogens with one attached hydrogen (secondary N) is 2. The van der Waals surface area contributed by atoms with Crippen LogP contribution in [0.2, 0.25) is 0 Å². The summed E-state index contributed by atoms with van der Waals surface area (Å²) in [4.78, 5) is 34.1. The molecule has 0 radical (unpaired) electrons. The summed E-state index contributed by atoms with van der Waals surface area (Å²) >= 11 is 0. The van der Waals surface area contributed by atoms with Crippen LogP contribution in [0.4, 0.5) is 17.3 Å². The number of nitrogens with two attached hydrogens (primary N) is 1. The van der Waals surface area contributed by atoms with Crippen LogP contribution in [0, 0.1) is 18.3 Å². The van der Waals surface area contributed by atoms with Crippen molar-refractivity contribution >= 4 is 23.2 Å². The van der Waals surface area contributed by atoms with Gasteiger partial charge in [0.15, 0.2) is 0 Å². The smallest absolute Gasteiger partial charge is 0.276 e. The fourth-order valence-corrected chi connectivity index (χ4v) is 5.19. The molecule has 2 aromatic heterocycles. The third kappa shape index (κ3) is 2.36. The number of nitrogen functional groups attached to an aromatic ring is 1. The monoisotopic (exact) mass is 380 g/mol. The Bertz CT molecular complexity index is 1050. The molecular formula is C20H24N6O2. The van der Waals surface area contributed by atoms with E-state index in [1.165, 1.54) is 12.7 Å². The van der Waals surface area contributed by atoms with Crippen LogP contribution in [0.15, 0.2) is 23.3 Å². The molecule has 2 aromatic rings. The molecule has 1 amide bonds. The molecule has 0 saturated heterocycles. The molecule has 0 bridgehead atoms. The van der Waals surface area contributed by atoms with E-state index in [-0.39, 0.29) is 11.5 Å². The summed E-state index contributed by atoms with van der Waals surface area (Å²) in [7, 11) is 0. The molecule has 8 heteroatoms. The Hall–Kier alpha value is -2.90. The van der Waals surface area contributed by atoms with Crippen molar-refractivity contribution in [2.75, 3.05) is 11.1 Å². The largest absolute Gasteiger partial charge is 0.384 e. The number of anilines is 3. The Morgan fingerprint density at radius 1 is 1.21 bits per heavy atom. The van der Waals surface area contributed by atoms with Gasteiger partial charge in [-0.2, -0.15) is 0 Å². The predicted octanol–water partition coefficient (Wildman–Crippen LogP) is 2.27. The van der Waals surface area contributed by atoms with Crippen LogP contribution in [0.5, 0.6) is 0 Å². The van der Waals surface area contributed by atoms with E-state index in [1.54, 1.807) is 16.7 Å². The van der Waals surface area contributed by atoms with Gasteiger partial charge < -0.3 is 16.4 Å². The van der Waals surface area contributed by atoms with Crippen molar-refractivity contribution in [3.63, 3.8) is 0 Å². The number of rotatable bonds is 2. The van der Waals surface area contributed by atoms with Gasteiger partial charge in [-0.1, -0.05) is 6.92 Å². The maximum absolute atomic E-state index is 13.4. The quantitative estimate of drug-likeness (QED) is 0.736. The predicted molar refractivity (Wildman–Crippen MR) is 105 cm³/mol. The lowest BCUT2D eigenvalue weighted by Gasteiger charge is -2.39. The molecule has 8 nitrogen and oxygen atoms in total. The van der Waals surface area contributed by atoms with Gasteiger partial charge >= 0.3 is 0 Å². The van der Waals surface area contributed by atoms with Crippen molar-refractivity contribution in [2.24, 2.45) is 11.3 Å². The Morgan fingerprint density at radius 3 is 2.57 bits per heavy atom. The maximum Gasteiger partial charge on any atom is 0.276 e. The van der Waals surface area contributed by atoms with Crippen molar-refractivity contribution in [1.82, 2.24) is 19.9 Å². The number of fused-ring (bicyclic) bond motifs is 2. The number of amides is 1. The lowest BCUT2D eigenvalue weighted by atomic mass is 9.78. The first-order chi connectivity index (χ1) is 13.3. The maximum atomic E-state index is 13.4. The zero-order chi connectivity index (χ0) is 19.7. The minimum atomic E-state index is -0.621. The first kappa shape index (κ1) is 17.2. The molecule has 1 aliphatic heterocycles. The number of aryl methyl sites for hydroxylation is 1. The summed E-state index contributed by atoms with van der Waals surface area (Å²) in [5.41, 5.74) is 6.92. The minimum Gasteiger partial charge on any atom is -0.384 e. The molecule has 3 aliphatic rings. The normalized spacial score (nSPS) is 30.4. The van der Waals surface area contributed by atoms with Crippen LogP contribution in [-0.4, -0.2) is 20.4 Å². The molecule has 2 aliphatic carbocycles. The van der Waals surface area contributed by atoms with Crippen molar-refractivity contribution in [1.29, 1.82) is 0 Å². The van der Waals surface area contributed by atoms with Crippen LogP contribution >= 0.6 is 0 Å². The molecular weight excluding hydrogens is 356 g/mol. The van der Waals surface area contributed by atoms with Gasteiger partial charge in [0.25, 0.3) is 11.5 Å². The van der Waals surface area contributed by atoms with E-state index in [0.29, 0.717) is 28.4 Å². The number of hydrogen-bond acceptors (Lipinski definition) is 6. The Morgan fingerprint density at radius 2 is 1.93 bits per heavy atom. The van der Waals surface area contributed by atoms with Gasteiger partial charge in [-0.25, -0.2) is 9.97 Å². The second-order valence-electron chi connectivity index (χ2n) is 8.64. The number of hydrogen-bond donors (Lipinski definition) is 3. The van der Waals surface area contributed by atoms with Gasteiger partial charge in [-0.15, -0.1) is 0 Å². The summed E-state index contributed by atoms with van der Waals surface area (Å²) < 4.78 is 1.69. The summed E-state index contributed by atoms with van der Waals surface area (Å²) in [6, 6.07) is 3.28. The fraction of sp³-hybridized carbons (Fsp3) is 0.500. The van der Waals surface area contributed by atoms with E-state index < -0.39 is 5.66 Å². The second kappa shape index (κ2) is 5.56. The summed E-state index contributed by atoms with van der Waals surface area (Å²) in [5.74, 6) is 1.36. The number of nitrogens with zero attached hydrogens (tertiary/aromatic N) is 3. The third-order valence-corrected chi connectivity index (χ3v) is 7.00. The Balaban J connectivity index is 1.57. The number of carbonyl (C=O) groups excluding carboxylic acids is 1. The van der Waals surface area contributed by atoms with Gasteiger partial charge in [0.2, 0.25) is 0 Å². The van der Waals surface area contributed by atoms with Crippen molar-refractivity contribution in [3.8, 4) is 0 Å². The van der Waals surface area contributed by atoms with E-state index in [9.17, 15) is 9.59 Å². The summed E-state index contributed by atoms with van der Waals surface area (Å²) in [6.45, 7) is 4.15. The van der Waals surface area contributed by atoms with E-state index in [2.05, 4.69) is 27.5 Å². The van der Waals surface area contributed by atoms with E-state index in [4.69, 9.17) is 5.73 Å². The van der Waals surface area contributed by atoms with E-state index in [1.807, 2.05) is 6.92 Å². The molecule has 5 rings (SSSR count). The van der Waals surface area contributed by atoms with E-state index in [0.717, 1.165) is 37.2 Å². The minimum absolute atomic E-state index is 0.160. The molecule has 2 fully saturated rings. The SMILES string of the molecule is Cc1cc(Nc2cc(N)ncn2)c(=O)n2c1C(=O)NC21CCC2(CC1)CC2C. The lowest BCUT2D eigenvalue weighted by molar-refractivity contribution is 0.0809. The molecule has 0 aromatic carbocycles. The number of carbonyl (C=O) groups is 1. The number of aromatic nitrogens is 3. The molecule has 146 valence electrons. The second-order valence-corrected chi connectivity index (χ2v) is 8.64. The lowest BCUT2D eigenvalue weighted by Crippen LogP contribution is -2.50. The van der Waals surface area contributed by atoms with Crippen LogP contribution in [-0.2, 0) is 5.66 Å². The highest BCUT2D eigenvalue weighted by atomic mass is 16.2. The van der Waals surface area contributed by atoms with Gasteiger partial charge in [-0.05, 0) is 62.0 Å². The standard InChI is InChI=1S/C20H24N6O2/c1-11-7-13(24-15-8-14(21)22-10-23-15)18(28)26-16(11)17(27)25-20(26)5-3-19(4-6-20)9-12(19)2/h7-8,10,12H,3-6,9H2,1-2H3,(H,25,27)(H3,21,22,23,24). The molecule has 4 N–H and O–H groups in total. The average molecular weight is 380 g/mol. The van der Waals surface area contributed by atoms with Crippen molar-refractivity contribution in [2.45, 2.75) is 51.6 Å². The molecule has 1 unspecified atom stereocenters. The van der Waals surface area contributed by atoms with Crippen molar-refractivity contribution < 1.29 is 4.79 Å². The first-order valence-electron chi connectivity index (χ1n) is 9.78. The van der Waals surface area contributed by atoms with Crippen LogP contribution < -0.4 is 21.9 Å². The molecule has 28 heavy (non-hydrogen) atoms. The van der Waals surface area contributed by atoms with Crippen LogP contribution in [0.1, 0.15) is 55.1 Å². The Labute approximate surface area is 162 Å². The third-order valence-electron chi connectivity index (χ3n) is 7.00. The molecule has 1 atom stereocenters. The molecule has 2 saturated carbocycles. The van der Waals surface area contributed by atoms with E-state index >= 15 is 0 Å². The average Bonchev–Trinajstić information content (AvgIpc) is 3.17. The topological polar surface area (TPSA) is 115 Å².